The van der Waals surface area contributed by atoms with E-state index < -0.39 is 0 Å². The summed E-state index contributed by atoms with van der Waals surface area (Å²) < 4.78 is 5.58. The molecule has 0 aliphatic carbocycles. The van der Waals surface area contributed by atoms with Crippen molar-refractivity contribution in [3.05, 3.63) is 33.9 Å². The van der Waals surface area contributed by atoms with Crippen molar-refractivity contribution in [1.82, 2.24) is 0 Å². The smallest absolute Gasteiger partial charge is 0.292 e. The highest BCUT2D eigenvalue weighted by Gasteiger charge is 2.27. The van der Waals surface area contributed by atoms with Crippen LogP contribution in [-0.2, 0) is 4.74 Å². The van der Waals surface area contributed by atoms with Gasteiger partial charge in [0.1, 0.15) is 5.69 Å². The maximum atomic E-state index is 11.2. The number of ether oxygens (including phenoxy) is 1. The molecular weight excluding hydrogens is 246 g/mol. The fourth-order valence-electron chi connectivity index (χ4n) is 2.26. The SMILES string of the molecule is Cc1ccc(N2CCOC(C(C)N)C2)c([N+](=O)[O-])c1. The van der Waals surface area contributed by atoms with Crippen molar-refractivity contribution in [3.63, 3.8) is 0 Å². The topological polar surface area (TPSA) is 81.6 Å². The largest absolute Gasteiger partial charge is 0.373 e. The van der Waals surface area contributed by atoms with Crippen LogP contribution in [0.5, 0.6) is 0 Å². The lowest BCUT2D eigenvalue weighted by Gasteiger charge is -2.35. The number of aryl methyl sites for hydroxylation is 1. The first-order valence-electron chi connectivity index (χ1n) is 6.36. The summed E-state index contributed by atoms with van der Waals surface area (Å²) in [5.74, 6) is 0. The maximum Gasteiger partial charge on any atom is 0.292 e. The number of anilines is 1. The summed E-state index contributed by atoms with van der Waals surface area (Å²) in [5.41, 5.74) is 7.51. The fraction of sp³-hybridized carbons (Fsp3) is 0.538. The number of nitro benzene ring substituents is 1. The van der Waals surface area contributed by atoms with Gasteiger partial charge in [-0.1, -0.05) is 6.07 Å². The summed E-state index contributed by atoms with van der Waals surface area (Å²) in [6.07, 6.45) is -0.0883. The molecule has 2 atom stereocenters. The van der Waals surface area contributed by atoms with E-state index in [1.165, 1.54) is 0 Å². The van der Waals surface area contributed by atoms with Crippen LogP contribution >= 0.6 is 0 Å². The van der Waals surface area contributed by atoms with Crippen LogP contribution in [0.2, 0.25) is 0 Å². The number of nitrogens with zero attached hydrogens (tertiary/aromatic N) is 2. The summed E-state index contributed by atoms with van der Waals surface area (Å²) in [7, 11) is 0. The first kappa shape index (κ1) is 13.8. The van der Waals surface area contributed by atoms with Crippen LogP contribution in [-0.4, -0.2) is 36.8 Å². The molecule has 1 saturated heterocycles. The molecule has 6 nitrogen and oxygen atoms in total. The number of morpholine rings is 1. The molecule has 0 spiro atoms. The van der Waals surface area contributed by atoms with Crippen LogP contribution in [0.3, 0.4) is 0 Å². The number of hydrogen-bond acceptors (Lipinski definition) is 5. The van der Waals surface area contributed by atoms with Gasteiger partial charge in [0.15, 0.2) is 0 Å². The van der Waals surface area contributed by atoms with E-state index in [1.807, 2.05) is 24.8 Å². The standard InChI is InChI=1S/C13H19N3O3/c1-9-3-4-11(12(7-9)16(17)18)15-5-6-19-13(8-15)10(2)14/h3-4,7,10,13H,5-6,8,14H2,1-2H3. The van der Waals surface area contributed by atoms with Crippen LogP contribution in [0.25, 0.3) is 0 Å². The van der Waals surface area contributed by atoms with Crippen LogP contribution in [0.1, 0.15) is 12.5 Å². The summed E-state index contributed by atoms with van der Waals surface area (Å²) >= 11 is 0. The van der Waals surface area contributed by atoms with Gasteiger partial charge in [0.25, 0.3) is 5.69 Å². The number of rotatable bonds is 3. The number of nitrogens with two attached hydrogens (primary N) is 1. The first-order chi connectivity index (χ1) is 8.99. The van der Waals surface area contributed by atoms with E-state index in [0.717, 1.165) is 5.56 Å². The van der Waals surface area contributed by atoms with E-state index in [0.29, 0.717) is 25.4 Å². The van der Waals surface area contributed by atoms with Gasteiger partial charge in [-0.2, -0.15) is 0 Å². The molecule has 0 bridgehead atoms. The quantitative estimate of drug-likeness (QED) is 0.661. The van der Waals surface area contributed by atoms with Gasteiger partial charge in [0, 0.05) is 25.2 Å². The van der Waals surface area contributed by atoms with Gasteiger partial charge < -0.3 is 15.4 Å². The van der Waals surface area contributed by atoms with E-state index in [-0.39, 0.29) is 22.8 Å². The zero-order valence-electron chi connectivity index (χ0n) is 11.2. The van der Waals surface area contributed by atoms with E-state index in [1.54, 1.807) is 12.1 Å². The Kier molecular flexibility index (Phi) is 4.01. The van der Waals surface area contributed by atoms with Gasteiger partial charge in [-0.05, 0) is 25.5 Å². The predicted molar refractivity (Wildman–Crippen MR) is 73.4 cm³/mol. The molecular formula is C13H19N3O3. The third-order valence-corrected chi connectivity index (χ3v) is 3.35. The minimum Gasteiger partial charge on any atom is -0.373 e. The van der Waals surface area contributed by atoms with Crippen molar-refractivity contribution in [2.45, 2.75) is 26.0 Å². The van der Waals surface area contributed by atoms with E-state index >= 15 is 0 Å². The lowest BCUT2D eigenvalue weighted by molar-refractivity contribution is -0.384. The molecule has 1 aromatic rings. The van der Waals surface area contributed by atoms with Crippen molar-refractivity contribution in [3.8, 4) is 0 Å². The molecule has 2 unspecified atom stereocenters. The lowest BCUT2D eigenvalue weighted by atomic mass is 10.1. The Morgan fingerprint density at radius 1 is 1.58 bits per heavy atom. The van der Waals surface area contributed by atoms with Gasteiger partial charge in [0.2, 0.25) is 0 Å². The van der Waals surface area contributed by atoms with Gasteiger partial charge >= 0.3 is 0 Å². The molecule has 1 aromatic carbocycles. The molecule has 0 saturated carbocycles. The Bertz CT molecular complexity index is 476. The second kappa shape index (κ2) is 5.54. The third-order valence-electron chi connectivity index (χ3n) is 3.35. The number of nitro groups is 1. The molecule has 1 aliphatic heterocycles. The molecule has 6 heteroatoms. The second-order valence-electron chi connectivity index (χ2n) is 4.96. The predicted octanol–water partition coefficient (Wildman–Crippen LogP) is 1.46. The molecule has 2 rings (SSSR count). The zero-order valence-corrected chi connectivity index (χ0v) is 11.2. The molecule has 1 heterocycles. The average Bonchev–Trinajstić information content (AvgIpc) is 2.38. The van der Waals surface area contributed by atoms with Crippen molar-refractivity contribution in [2.75, 3.05) is 24.6 Å². The monoisotopic (exact) mass is 265 g/mol. The Hall–Kier alpha value is -1.66. The van der Waals surface area contributed by atoms with Crippen LogP contribution < -0.4 is 10.6 Å². The normalized spacial score (nSPS) is 21.2. The van der Waals surface area contributed by atoms with Gasteiger partial charge in [0.05, 0.1) is 17.6 Å². The van der Waals surface area contributed by atoms with Crippen molar-refractivity contribution in [1.29, 1.82) is 0 Å². The van der Waals surface area contributed by atoms with Crippen molar-refractivity contribution in [2.24, 2.45) is 5.73 Å². The van der Waals surface area contributed by atoms with Gasteiger partial charge in [-0.25, -0.2) is 0 Å². The van der Waals surface area contributed by atoms with Gasteiger partial charge in [-0.3, -0.25) is 10.1 Å². The Morgan fingerprint density at radius 3 is 2.95 bits per heavy atom. The lowest BCUT2D eigenvalue weighted by Crippen LogP contribution is -2.49. The summed E-state index contributed by atoms with van der Waals surface area (Å²) in [5, 5.41) is 11.2. The van der Waals surface area contributed by atoms with Crippen molar-refractivity contribution >= 4 is 11.4 Å². The zero-order chi connectivity index (χ0) is 14.0. The minimum atomic E-state index is -0.335. The summed E-state index contributed by atoms with van der Waals surface area (Å²) in [6.45, 7) is 5.50. The summed E-state index contributed by atoms with van der Waals surface area (Å²) in [4.78, 5) is 12.8. The Balaban J connectivity index is 2.28. The van der Waals surface area contributed by atoms with E-state index in [2.05, 4.69) is 0 Å². The van der Waals surface area contributed by atoms with E-state index in [9.17, 15) is 10.1 Å². The highest BCUT2D eigenvalue weighted by molar-refractivity contribution is 5.64. The Morgan fingerprint density at radius 2 is 2.32 bits per heavy atom. The van der Waals surface area contributed by atoms with Crippen molar-refractivity contribution < 1.29 is 9.66 Å². The third kappa shape index (κ3) is 3.02. The molecule has 104 valence electrons. The first-order valence-corrected chi connectivity index (χ1v) is 6.36. The minimum absolute atomic E-state index is 0.0883. The molecule has 19 heavy (non-hydrogen) atoms. The van der Waals surface area contributed by atoms with Crippen LogP contribution in [0.15, 0.2) is 18.2 Å². The second-order valence-corrected chi connectivity index (χ2v) is 4.96. The number of benzene rings is 1. The molecule has 1 aliphatic rings. The summed E-state index contributed by atoms with van der Waals surface area (Å²) in [6, 6.07) is 5.20. The average molecular weight is 265 g/mol. The molecule has 1 fully saturated rings. The molecule has 0 aromatic heterocycles. The number of hydrogen-bond donors (Lipinski definition) is 1. The van der Waals surface area contributed by atoms with E-state index in [4.69, 9.17) is 10.5 Å². The maximum absolute atomic E-state index is 11.2. The highest BCUT2D eigenvalue weighted by Crippen LogP contribution is 2.30. The fourth-order valence-corrected chi connectivity index (χ4v) is 2.26. The highest BCUT2D eigenvalue weighted by atomic mass is 16.6. The molecule has 0 radical (unpaired) electrons. The Labute approximate surface area is 112 Å². The molecule has 0 amide bonds. The van der Waals surface area contributed by atoms with Crippen LogP contribution in [0, 0.1) is 17.0 Å². The van der Waals surface area contributed by atoms with Crippen LogP contribution in [0.4, 0.5) is 11.4 Å². The molecule has 2 N–H and O–H groups in total. The van der Waals surface area contributed by atoms with Gasteiger partial charge in [-0.15, -0.1) is 0 Å².